The van der Waals surface area contributed by atoms with Crippen molar-refractivity contribution in [2.75, 3.05) is 0 Å². The Morgan fingerprint density at radius 1 is 1.38 bits per heavy atom. The van der Waals surface area contributed by atoms with E-state index in [2.05, 4.69) is 41.1 Å². The van der Waals surface area contributed by atoms with Gasteiger partial charge in [-0.25, -0.2) is 0 Å². The van der Waals surface area contributed by atoms with Crippen molar-refractivity contribution in [2.45, 2.75) is 32.1 Å². The smallest absolute Gasteiger partial charge is 0.158 e. The average Bonchev–Trinajstić information content (AvgIpc) is 2.64. The quantitative estimate of drug-likeness (QED) is 0.740. The van der Waals surface area contributed by atoms with Gasteiger partial charge in [-0.15, -0.1) is 0 Å². The van der Waals surface area contributed by atoms with Crippen molar-refractivity contribution in [3.63, 3.8) is 0 Å². The van der Waals surface area contributed by atoms with E-state index in [1.54, 1.807) is 0 Å². The third-order valence-corrected chi connectivity index (χ3v) is 3.53. The molecule has 2 rings (SSSR count). The second-order valence-corrected chi connectivity index (χ2v) is 5.23. The van der Waals surface area contributed by atoms with E-state index < -0.39 is 0 Å². The van der Waals surface area contributed by atoms with Crippen LogP contribution in [0.4, 0.5) is 0 Å². The molecule has 1 fully saturated rings. The van der Waals surface area contributed by atoms with Crippen molar-refractivity contribution >= 4 is 21.7 Å². The highest BCUT2D eigenvalue weighted by Crippen LogP contribution is 2.27. The normalized spacial score (nSPS) is 20.4. The Hall–Kier alpha value is -0.890. The number of allylic oxidation sites excluding steroid dienone is 2. The molecule has 1 aromatic rings. The molecule has 1 aromatic carbocycles. The van der Waals surface area contributed by atoms with Gasteiger partial charge in [0.15, 0.2) is 5.78 Å². The van der Waals surface area contributed by atoms with Gasteiger partial charge in [-0.1, -0.05) is 41.1 Å². The Bertz CT molecular complexity index is 434. The topological polar surface area (TPSA) is 17.1 Å². The summed E-state index contributed by atoms with van der Waals surface area (Å²) in [5, 5.41) is 0. The molecule has 1 aliphatic rings. The summed E-state index contributed by atoms with van der Waals surface area (Å²) in [6, 6.07) is 8.27. The first-order valence-corrected chi connectivity index (χ1v) is 6.45. The molecule has 0 N–H and O–H groups in total. The molecule has 1 saturated carbocycles. The highest BCUT2D eigenvalue weighted by Gasteiger charge is 2.17. The molecule has 1 aliphatic carbocycles. The van der Waals surface area contributed by atoms with Crippen LogP contribution in [0.25, 0.3) is 0 Å². The largest absolute Gasteiger partial charge is 0.295 e. The number of carbonyl (C=O) groups is 1. The van der Waals surface area contributed by atoms with Crippen LogP contribution in [-0.2, 0) is 4.79 Å². The molecule has 0 bridgehead atoms. The van der Waals surface area contributed by atoms with Gasteiger partial charge in [0.1, 0.15) is 0 Å². The lowest BCUT2D eigenvalue weighted by Crippen LogP contribution is -1.96. The van der Waals surface area contributed by atoms with E-state index in [0.29, 0.717) is 11.7 Å². The Labute approximate surface area is 105 Å². The van der Waals surface area contributed by atoms with E-state index in [1.807, 2.05) is 12.1 Å². The van der Waals surface area contributed by atoms with Crippen molar-refractivity contribution in [3.05, 3.63) is 46.0 Å². The first-order valence-electron chi connectivity index (χ1n) is 5.66. The zero-order valence-electron chi connectivity index (χ0n) is 9.37. The molecule has 0 heterocycles. The number of hydrogen-bond donors (Lipinski definition) is 0. The molecule has 0 amide bonds. The lowest BCUT2D eigenvalue weighted by molar-refractivity contribution is -0.114. The Morgan fingerprint density at radius 3 is 2.81 bits per heavy atom. The molecule has 1 unspecified atom stereocenters. The lowest BCUT2D eigenvalue weighted by Gasteiger charge is -2.08. The number of rotatable bonds is 2. The number of halogens is 1. The molecular formula is C14H15BrO. The van der Waals surface area contributed by atoms with E-state index >= 15 is 0 Å². The van der Waals surface area contributed by atoms with Crippen molar-refractivity contribution in [3.8, 4) is 0 Å². The highest BCUT2D eigenvalue weighted by molar-refractivity contribution is 9.10. The second-order valence-electron chi connectivity index (χ2n) is 4.31. The monoisotopic (exact) mass is 278 g/mol. The second kappa shape index (κ2) is 4.96. The number of carbonyl (C=O) groups excluding carboxylic acids is 1. The summed E-state index contributed by atoms with van der Waals surface area (Å²) in [5.74, 6) is 0.649. The molecule has 0 saturated heterocycles. The minimum atomic E-state index is 0.314. The summed E-state index contributed by atoms with van der Waals surface area (Å²) < 4.78 is 1.09. The van der Waals surface area contributed by atoms with Gasteiger partial charge in [-0.2, -0.15) is 0 Å². The van der Waals surface area contributed by atoms with Crippen molar-refractivity contribution in [1.82, 2.24) is 0 Å². The van der Waals surface area contributed by atoms with Crippen LogP contribution in [0.1, 0.15) is 37.7 Å². The van der Waals surface area contributed by atoms with Gasteiger partial charge < -0.3 is 0 Å². The zero-order chi connectivity index (χ0) is 11.5. The predicted molar refractivity (Wildman–Crippen MR) is 69.5 cm³/mol. The van der Waals surface area contributed by atoms with Gasteiger partial charge in [0.25, 0.3) is 0 Å². The minimum Gasteiger partial charge on any atom is -0.295 e. The van der Waals surface area contributed by atoms with E-state index in [9.17, 15) is 4.79 Å². The van der Waals surface area contributed by atoms with E-state index in [1.165, 1.54) is 5.56 Å². The Morgan fingerprint density at radius 2 is 2.19 bits per heavy atom. The zero-order valence-corrected chi connectivity index (χ0v) is 11.0. The molecule has 0 spiro atoms. The van der Waals surface area contributed by atoms with Gasteiger partial charge >= 0.3 is 0 Å². The number of benzene rings is 1. The number of hydrogen-bond acceptors (Lipinski definition) is 1. The fourth-order valence-electron chi connectivity index (χ4n) is 2.10. The van der Waals surface area contributed by atoms with Crippen molar-refractivity contribution in [2.24, 2.45) is 0 Å². The standard InChI is InChI=1S/C14H15BrO/c1-10(8-12-5-3-7-14(12)16)11-4-2-6-13(15)9-11/h2,4,6,8-10H,3,5,7H2,1H3/b12-8+. The van der Waals surface area contributed by atoms with Crippen LogP contribution in [0.5, 0.6) is 0 Å². The predicted octanol–water partition coefficient (Wildman–Crippen LogP) is 4.23. The molecule has 1 nitrogen and oxygen atoms in total. The summed E-state index contributed by atoms with van der Waals surface area (Å²) in [6.45, 7) is 2.14. The van der Waals surface area contributed by atoms with E-state index in [0.717, 1.165) is 29.3 Å². The molecular weight excluding hydrogens is 264 g/mol. The van der Waals surface area contributed by atoms with Gasteiger partial charge in [-0.05, 0) is 42.0 Å². The summed E-state index contributed by atoms with van der Waals surface area (Å²) in [4.78, 5) is 11.5. The Balaban J connectivity index is 2.19. The maximum atomic E-state index is 11.5. The average molecular weight is 279 g/mol. The third-order valence-electron chi connectivity index (χ3n) is 3.03. The molecule has 1 atom stereocenters. The van der Waals surface area contributed by atoms with Crippen LogP contribution in [-0.4, -0.2) is 5.78 Å². The van der Waals surface area contributed by atoms with Gasteiger partial charge in [0.05, 0.1) is 0 Å². The molecule has 0 aliphatic heterocycles. The van der Waals surface area contributed by atoms with E-state index in [4.69, 9.17) is 0 Å². The summed E-state index contributed by atoms with van der Waals surface area (Å²) in [5.41, 5.74) is 2.27. The fraction of sp³-hybridized carbons (Fsp3) is 0.357. The third kappa shape index (κ3) is 2.62. The summed E-state index contributed by atoms with van der Waals surface area (Å²) >= 11 is 3.47. The van der Waals surface area contributed by atoms with Crippen LogP contribution < -0.4 is 0 Å². The van der Waals surface area contributed by atoms with Gasteiger partial charge in [-0.3, -0.25) is 4.79 Å². The van der Waals surface area contributed by atoms with Crippen LogP contribution >= 0.6 is 15.9 Å². The minimum absolute atomic E-state index is 0.314. The SMILES string of the molecule is CC(/C=C1\CCCC1=O)c1cccc(Br)c1. The molecule has 0 radical (unpaired) electrons. The maximum absolute atomic E-state index is 11.5. The molecule has 84 valence electrons. The first kappa shape index (κ1) is 11.6. The van der Waals surface area contributed by atoms with Crippen LogP contribution in [0, 0.1) is 0 Å². The first-order chi connectivity index (χ1) is 7.66. The molecule has 16 heavy (non-hydrogen) atoms. The summed E-state index contributed by atoms with van der Waals surface area (Å²) in [6.07, 6.45) is 4.83. The Kier molecular flexibility index (Phi) is 3.59. The fourth-order valence-corrected chi connectivity index (χ4v) is 2.52. The number of ketones is 1. The van der Waals surface area contributed by atoms with Crippen molar-refractivity contribution < 1.29 is 4.79 Å². The van der Waals surface area contributed by atoms with Crippen LogP contribution in [0.2, 0.25) is 0 Å². The van der Waals surface area contributed by atoms with Crippen molar-refractivity contribution in [1.29, 1.82) is 0 Å². The van der Waals surface area contributed by atoms with Crippen LogP contribution in [0.15, 0.2) is 40.4 Å². The van der Waals surface area contributed by atoms with Gasteiger partial charge in [0, 0.05) is 10.9 Å². The van der Waals surface area contributed by atoms with Gasteiger partial charge in [0.2, 0.25) is 0 Å². The molecule has 2 heteroatoms. The van der Waals surface area contributed by atoms with E-state index in [-0.39, 0.29) is 0 Å². The lowest BCUT2D eigenvalue weighted by atomic mass is 9.98. The van der Waals surface area contributed by atoms with Crippen LogP contribution in [0.3, 0.4) is 0 Å². The number of Topliss-reactive ketones (excluding diaryl/α,β-unsaturated/α-hetero) is 1. The summed E-state index contributed by atoms with van der Waals surface area (Å²) in [7, 11) is 0. The highest BCUT2D eigenvalue weighted by atomic mass is 79.9. The molecule has 0 aromatic heterocycles. The maximum Gasteiger partial charge on any atom is 0.158 e.